The van der Waals surface area contributed by atoms with Crippen molar-refractivity contribution in [3.05, 3.63) is 69.2 Å². The maximum Gasteiger partial charge on any atom is 0.337 e. The molecule has 2 rings (SSSR count). The molecule has 8 nitrogen and oxygen atoms in total. The van der Waals surface area contributed by atoms with E-state index in [0.29, 0.717) is 10.7 Å². The van der Waals surface area contributed by atoms with Crippen LogP contribution in [0.4, 0.5) is 16.2 Å². The normalized spacial score (nSPS) is 9.78. The van der Waals surface area contributed by atoms with Gasteiger partial charge in [-0.15, -0.1) is 0 Å². The average molecular weight is 335 g/mol. The van der Waals surface area contributed by atoms with Crippen molar-refractivity contribution in [1.29, 1.82) is 0 Å². The number of carbonyl (C=O) groups excluding carboxylic acids is 2. The molecule has 118 valence electrons. The standard InChI is InChI=1S/C14H11ClN4O4/c15-10-3-5-11(6-4-10)16-14(21)18-17-13(20)9-1-7-12(8-2-9)19(22)23/h1-8H,(H,17,20)(H2,16,18,21). The minimum Gasteiger partial charge on any atom is -0.307 e. The molecule has 0 saturated heterocycles. The molecule has 0 saturated carbocycles. The van der Waals surface area contributed by atoms with Gasteiger partial charge < -0.3 is 5.32 Å². The predicted octanol–water partition coefficient (Wildman–Crippen LogP) is 2.71. The summed E-state index contributed by atoms with van der Waals surface area (Å²) in [5, 5.41) is 13.5. The molecule has 9 heteroatoms. The van der Waals surface area contributed by atoms with E-state index in [4.69, 9.17) is 11.6 Å². The minimum atomic E-state index is -0.650. The van der Waals surface area contributed by atoms with Crippen molar-refractivity contribution in [2.75, 3.05) is 5.32 Å². The summed E-state index contributed by atoms with van der Waals surface area (Å²) in [6.45, 7) is 0. The number of benzene rings is 2. The summed E-state index contributed by atoms with van der Waals surface area (Å²) in [4.78, 5) is 33.4. The van der Waals surface area contributed by atoms with E-state index in [1.165, 1.54) is 24.3 Å². The maximum absolute atomic E-state index is 11.8. The summed E-state index contributed by atoms with van der Waals surface area (Å²) in [6, 6.07) is 10.7. The van der Waals surface area contributed by atoms with E-state index in [9.17, 15) is 19.7 Å². The zero-order chi connectivity index (χ0) is 16.8. The highest BCUT2D eigenvalue weighted by Gasteiger charge is 2.10. The van der Waals surface area contributed by atoms with E-state index >= 15 is 0 Å². The number of amides is 3. The number of anilines is 1. The number of hydrogen-bond acceptors (Lipinski definition) is 4. The van der Waals surface area contributed by atoms with Gasteiger partial charge in [0.05, 0.1) is 4.92 Å². The van der Waals surface area contributed by atoms with Crippen LogP contribution in [0, 0.1) is 10.1 Å². The third-order valence-corrected chi connectivity index (χ3v) is 2.98. The zero-order valence-electron chi connectivity index (χ0n) is 11.6. The highest BCUT2D eigenvalue weighted by Crippen LogP contribution is 2.13. The lowest BCUT2D eigenvalue weighted by Gasteiger charge is -2.09. The van der Waals surface area contributed by atoms with Crippen LogP contribution >= 0.6 is 11.6 Å². The molecule has 0 unspecified atom stereocenters. The van der Waals surface area contributed by atoms with Gasteiger partial charge in [0.2, 0.25) is 0 Å². The Morgan fingerprint density at radius 3 is 2.13 bits per heavy atom. The molecule has 0 aromatic heterocycles. The van der Waals surface area contributed by atoms with Crippen LogP contribution in [-0.4, -0.2) is 16.9 Å². The van der Waals surface area contributed by atoms with Gasteiger partial charge in [-0.2, -0.15) is 0 Å². The number of halogens is 1. The number of hydrogen-bond donors (Lipinski definition) is 3. The lowest BCUT2D eigenvalue weighted by molar-refractivity contribution is -0.384. The Hall–Kier alpha value is -3.13. The number of nitro groups is 1. The van der Waals surface area contributed by atoms with Gasteiger partial charge in [-0.05, 0) is 36.4 Å². The lowest BCUT2D eigenvalue weighted by atomic mass is 10.2. The molecule has 2 aromatic carbocycles. The molecule has 0 aliphatic rings. The van der Waals surface area contributed by atoms with Crippen molar-refractivity contribution in [3.8, 4) is 0 Å². The largest absolute Gasteiger partial charge is 0.337 e. The van der Waals surface area contributed by atoms with Gasteiger partial charge in [0.25, 0.3) is 11.6 Å². The number of nitro benzene ring substituents is 1. The fourth-order valence-electron chi connectivity index (χ4n) is 1.62. The Bertz CT molecular complexity index is 731. The fourth-order valence-corrected chi connectivity index (χ4v) is 1.74. The topological polar surface area (TPSA) is 113 Å². The van der Waals surface area contributed by atoms with E-state index in [1.54, 1.807) is 24.3 Å². The number of nitrogens with one attached hydrogen (secondary N) is 3. The Labute approximate surface area is 135 Å². The first kappa shape index (κ1) is 16.2. The van der Waals surface area contributed by atoms with Gasteiger partial charge in [0, 0.05) is 28.4 Å². The van der Waals surface area contributed by atoms with E-state index in [-0.39, 0.29) is 11.3 Å². The van der Waals surface area contributed by atoms with Gasteiger partial charge in [-0.25, -0.2) is 10.2 Å². The summed E-state index contributed by atoms with van der Waals surface area (Å²) < 4.78 is 0. The summed E-state index contributed by atoms with van der Waals surface area (Å²) in [6.07, 6.45) is 0. The number of non-ortho nitro benzene ring substituents is 1. The Morgan fingerprint density at radius 2 is 1.57 bits per heavy atom. The SMILES string of the molecule is O=C(NNC(=O)c1ccc([N+](=O)[O-])cc1)Nc1ccc(Cl)cc1. The van der Waals surface area contributed by atoms with E-state index in [2.05, 4.69) is 16.2 Å². The van der Waals surface area contributed by atoms with Crippen LogP contribution in [0.25, 0.3) is 0 Å². The third-order valence-electron chi connectivity index (χ3n) is 2.73. The first-order valence-electron chi connectivity index (χ1n) is 6.33. The second-order valence-corrected chi connectivity index (χ2v) is 4.78. The summed E-state index contributed by atoms with van der Waals surface area (Å²) in [5.41, 5.74) is 4.88. The molecule has 0 radical (unpaired) electrons. The summed E-state index contributed by atoms with van der Waals surface area (Å²) >= 11 is 5.72. The average Bonchev–Trinajstić information content (AvgIpc) is 2.55. The molecule has 0 aliphatic carbocycles. The molecule has 2 aromatic rings. The predicted molar refractivity (Wildman–Crippen MR) is 84.2 cm³/mol. The molecule has 3 N–H and O–H groups in total. The van der Waals surface area contributed by atoms with Crippen LogP contribution in [0.2, 0.25) is 5.02 Å². The molecule has 0 heterocycles. The highest BCUT2D eigenvalue weighted by atomic mass is 35.5. The van der Waals surface area contributed by atoms with Gasteiger partial charge >= 0.3 is 6.03 Å². The number of carbonyl (C=O) groups is 2. The number of hydrazine groups is 1. The van der Waals surface area contributed by atoms with Crippen molar-refractivity contribution in [2.24, 2.45) is 0 Å². The quantitative estimate of drug-likeness (QED) is 0.591. The van der Waals surface area contributed by atoms with E-state index in [1.807, 2.05) is 0 Å². The number of nitrogens with zero attached hydrogens (tertiary/aromatic N) is 1. The maximum atomic E-state index is 11.8. The van der Waals surface area contributed by atoms with Crippen molar-refractivity contribution in [2.45, 2.75) is 0 Å². The Morgan fingerprint density at radius 1 is 0.957 bits per heavy atom. The third kappa shape index (κ3) is 4.68. The molecule has 0 atom stereocenters. The molecule has 0 fully saturated rings. The first-order valence-corrected chi connectivity index (χ1v) is 6.71. The van der Waals surface area contributed by atoms with Crippen LogP contribution < -0.4 is 16.2 Å². The van der Waals surface area contributed by atoms with Crippen molar-refractivity contribution in [1.82, 2.24) is 10.9 Å². The van der Waals surface area contributed by atoms with Crippen molar-refractivity contribution in [3.63, 3.8) is 0 Å². The molecular formula is C14H11ClN4O4. The van der Waals surface area contributed by atoms with Gasteiger partial charge in [0.1, 0.15) is 0 Å². The molecule has 0 aliphatic heterocycles. The molecule has 3 amide bonds. The van der Waals surface area contributed by atoms with Crippen LogP contribution in [0.5, 0.6) is 0 Å². The van der Waals surface area contributed by atoms with Crippen LogP contribution in [0.1, 0.15) is 10.4 Å². The monoisotopic (exact) mass is 334 g/mol. The van der Waals surface area contributed by atoms with Crippen LogP contribution in [0.3, 0.4) is 0 Å². The summed E-state index contributed by atoms with van der Waals surface area (Å²) in [7, 11) is 0. The van der Waals surface area contributed by atoms with Crippen molar-refractivity contribution >= 4 is 34.9 Å². The van der Waals surface area contributed by atoms with E-state index < -0.39 is 16.9 Å². The van der Waals surface area contributed by atoms with Gasteiger partial charge in [-0.1, -0.05) is 11.6 Å². The smallest absolute Gasteiger partial charge is 0.307 e. The minimum absolute atomic E-state index is 0.130. The second-order valence-electron chi connectivity index (χ2n) is 4.34. The Kier molecular flexibility index (Phi) is 5.11. The van der Waals surface area contributed by atoms with Crippen LogP contribution in [-0.2, 0) is 0 Å². The van der Waals surface area contributed by atoms with Gasteiger partial charge in [0.15, 0.2) is 0 Å². The molecule has 0 spiro atoms. The molecule has 0 bridgehead atoms. The zero-order valence-corrected chi connectivity index (χ0v) is 12.3. The Balaban J connectivity index is 1.87. The highest BCUT2D eigenvalue weighted by molar-refractivity contribution is 6.30. The molecular weight excluding hydrogens is 324 g/mol. The fraction of sp³-hybridized carbons (Fsp3) is 0. The molecule has 23 heavy (non-hydrogen) atoms. The van der Waals surface area contributed by atoms with Crippen molar-refractivity contribution < 1.29 is 14.5 Å². The van der Waals surface area contributed by atoms with Crippen LogP contribution in [0.15, 0.2) is 48.5 Å². The lowest BCUT2D eigenvalue weighted by Crippen LogP contribution is -2.43. The van der Waals surface area contributed by atoms with Gasteiger partial charge in [-0.3, -0.25) is 20.3 Å². The number of urea groups is 1. The second kappa shape index (κ2) is 7.23. The number of rotatable bonds is 3. The summed E-state index contributed by atoms with van der Waals surface area (Å²) in [5.74, 6) is -0.605. The first-order chi connectivity index (χ1) is 11.0. The van der Waals surface area contributed by atoms with E-state index in [0.717, 1.165) is 0 Å².